The molecular formula is C7H15N3O. The summed E-state index contributed by atoms with van der Waals surface area (Å²) in [6.07, 6.45) is 0. The number of aliphatic imine (C=N–C) groups is 1. The van der Waals surface area contributed by atoms with Gasteiger partial charge in [-0.2, -0.15) is 0 Å². The van der Waals surface area contributed by atoms with E-state index in [1.54, 1.807) is 27.9 Å². The van der Waals surface area contributed by atoms with Crippen molar-refractivity contribution in [1.82, 2.24) is 4.90 Å². The van der Waals surface area contributed by atoms with Crippen molar-refractivity contribution in [1.29, 1.82) is 0 Å². The van der Waals surface area contributed by atoms with Gasteiger partial charge in [-0.3, -0.25) is 9.79 Å². The molecule has 0 aromatic heterocycles. The number of amides is 1. The zero-order valence-corrected chi connectivity index (χ0v) is 7.46. The van der Waals surface area contributed by atoms with Crippen molar-refractivity contribution in [3.05, 3.63) is 0 Å². The van der Waals surface area contributed by atoms with E-state index in [1.165, 1.54) is 4.90 Å². The number of rotatable bonds is 2. The van der Waals surface area contributed by atoms with Gasteiger partial charge in [0.25, 0.3) is 0 Å². The zero-order valence-electron chi connectivity index (χ0n) is 7.46. The van der Waals surface area contributed by atoms with Gasteiger partial charge in [0.15, 0.2) is 0 Å². The van der Waals surface area contributed by atoms with Gasteiger partial charge in [0.2, 0.25) is 5.91 Å². The summed E-state index contributed by atoms with van der Waals surface area (Å²) in [5.41, 5.74) is 5.31. The molecule has 0 heterocycles. The van der Waals surface area contributed by atoms with Crippen molar-refractivity contribution in [2.45, 2.75) is 19.9 Å². The third kappa shape index (κ3) is 3.60. The van der Waals surface area contributed by atoms with Crippen LogP contribution in [0.15, 0.2) is 4.99 Å². The highest BCUT2D eigenvalue weighted by atomic mass is 16.2. The van der Waals surface area contributed by atoms with Crippen molar-refractivity contribution in [2.75, 3.05) is 14.1 Å². The van der Waals surface area contributed by atoms with Crippen molar-refractivity contribution < 1.29 is 4.79 Å². The Hall–Kier alpha value is -1.06. The Balaban J connectivity index is 4.15. The van der Waals surface area contributed by atoms with Gasteiger partial charge in [-0.1, -0.05) is 0 Å². The van der Waals surface area contributed by atoms with Crippen LogP contribution in [0.2, 0.25) is 0 Å². The van der Waals surface area contributed by atoms with E-state index in [4.69, 9.17) is 5.73 Å². The fraction of sp³-hybridized carbons (Fsp3) is 0.714. The molecule has 0 fully saturated rings. The average Bonchev–Trinajstić information content (AvgIpc) is 1.84. The molecule has 1 unspecified atom stereocenters. The van der Waals surface area contributed by atoms with Crippen molar-refractivity contribution >= 4 is 11.7 Å². The minimum absolute atomic E-state index is 0.0326. The first-order valence-electron chi connectivity index (χ1n) is 3.46. The van der Waals surface area contributed by atoms with Crippen molar-refractivity contribution in [3.63, 3.8) is 0 Å². The van der Waals surface area contributed by atoms with E-state index in [-0.39, 0.29) is 11.9 Å². The van der Waals surface area contributed by atoms with E-state index in [9.17, 15) is 4.79 Å². The smallest absolute Gasteiger partial charge is 0.246 e. The number of nitrogens with two attached hydrogens (primary N) is 1. The van der Waals surface area contributed by atoms with Gasteiger partial charge in [0.1, 0.15) is 6.04 Å². The summed E-state index contributed by atoms with van der Waals surface area (Å²) in [5.74, 6) is 0.405. The Bertz CT molecular complexity index is 171. The van der Waals surface area contributed by atoms with Crippen LogP contribution in [0.3, 0.4) is 0 Å². The van der Waals surface area contributed by atoms with Gasteiger partial charge >= 0.3 is 0 Å². The highest BCUT2D eigenvalue weighted by Gasteiger charge is 2.12. The number of hydrogen-bond donors (Lipinski definition) is 1. The third-order valence-corrected chi connectivity index (χ3v) is 1.20. The standard InChI is InChI=1S/C7H15N3O/c1-5(9-6(2)8)7(11)10(3)4/h5H,1-4H3,(H2,8,9). The van der Waals surface area contributed by atoms with Crippen LogP contribution < -0.4 is 5.73 Å². The van der Waals surface area contributed by atoms with Crippen molar-refractivity contribution in [2.24, 2.45) is 10.7 Å². The SMILES string of the molecule is CC(N)=NC(C)C(=O)N(C)C. The highest BCUT2D eigenvalue weighted by molar-refractivity contribution is 5.85. The van der Waals surface area contributed by atoms with Gasteiger partial charge in [0.05, 0.1) is 5.84 Å². The molecule has 0 aliphatic rings. The molecule has 0 spiro atoms. The summed E-state index contributed by atoms with van der Waals surface area (Å²) >= 11 is 0. The molecule has 0 aromatic rings. The minimum Gasteiger partial charge on any atom is -0.388 e. The van der Waals surface area contributed by atoms with E-state index in [1.807, 2.05) is 0 Å². The molecular weight excluding hydrogens is 142 g/mol. The molecule has 0 saturated carbocycles. The molecule has 0 bridgehead atoms. The molecule has 0 aliphatic heterocycles. The zero-order chi connectivity index (χ0) is 9.02. The van der Waals surface area contributed by atoms with E-state index in [0.717, 1.165) is 0 Å². The monoisotopic (exact) mass is 157 g/mol. The first-order chi connectivity index (χ1) is 4.95. The lowest BCUT2D eigenvalue weighted by Crippen LogP contribution is -2.31. The van der Waals surface area contributed by atoms with E-state index < -0.39 is 0 Å². The molecule has 0 saturated heterocycles. The van der Waals surface area contributed by atoms with Crippen LogP contribution in [-0.2, 0) is 4.79 Å². The maximum Gasteiger partial charge on any atom is 0.246 e. The average molecular weight is 157 g/mol. The molecule has 64 valence electrons. The molecule has 0 aliphatic carbocycles. The van der Waals surface area contributed by atoms with E-state index in [2.05, 4.69) is 4.99 Å². The summed E-state index contributed by atoms with van der Waals surface area (Å²) in [6.45, 7) is 3.39. The molecule has 4 heteroatoms. The molecule has 1 amide bonds. The Kier molecular flexibility index (Phi) is 3.57. The first-order valence-corrected chi connectivity index (χ1v) is 3.46. The molecule has 4 nitrogen and oxygen atoms in total. The van der Waals surface area contributed by atoms with E-state index >= 15 is 0 Å². The fourth-order valence-electron chi connectivity index (χ4n) is 0.734. The molecule has 2 N–H and O–H groups in total. The van der Waals surface area contributed by atoms with Gasteiger partial charge in [-0.25, -0.2) is 0 Å². The predicted molar refractivity (Wildman–Crippen MR) is 45.5 cm³/mol. The Morgan fingerprint density at radius 3 is 2.27 bits per heavy atom. The maximum atomic E-state index is 11.1. The normalized spacial score (nSPS) is 14.4. The lowest BCUT2D eigenvalue weighted by atomic mass is 10.3. The predicted octanol–water partition coefficient (Wildman–Crippen LogP) is -0.160. The summed E-state index contributed by atoms with van der Waals surface area (Å²) in [5, 5.41) is 0. The van der Waals surface area contributed by atoms with Gasteiger partial charge in [-0.05, 0) is 13.8 Å². The van der Waals surface area contributed by atoms with Crippen LogP contribution >= 0.6 is 0 Å². The Morgan fingerprint density at radius 2 is 2.00 bits per heavy atom. The van der Waals surface area contributed by atoms with Crippen LogP contribution in [0.1, 0.15) is 13.8 Å². The van der Waals surface area contributed by atoms with Gasteiger partial charge < -0.3 is 10.6 Å². The Morgan fingerprint density at radius 1 is 1.55 bits per heavy atom. The van der Waals surface area contributed by atoms with Crippen molar-refractivity contribution in [3.8, 4) is 0 Å². The number of carbonyl (C=O) groups excluding carboxylic acids is 1. The summed E-state index contributed by atoms with van der Waals surface area (Å²) in [6, 6.07) is -0.366. The second kappa shape index (κ2) is 3.95. The number of hydrogen-bond acceptors (Lipinski definition) is 2. The van der Waals surface area contributed by atoms with Crippen LogP contribution in [0.25, 0.3) is 0 Å². The summed E-state index contributed by atoms with van der Waals surface area (Å²) in [4.78, 5) is 16.5. The largest absolute Gasteiger partial charge is 0.388 e. The Labute approximate surface area is 67.1 Å². The van der Waals surface area contributed by atoms with Crippen LogP contribution in [-0.4, -0.2) is 36.8 Å². The number of carbonyl (C=O) groups is 1. The van der Waals surface area contributed by atoms with Crippen LogP contribution in [0.4, 0.5) is 0 Å². The molecule has 0 radical (unpaired) electrons. The number of nitrogens with zero attached hydrogens (tertiary/aromatic N) is 2. The third-order valence-electron chi connectivity index (χ3n) is 1.20. The lowest BCUT2D eigenvalue weighted by molar-refractivity contribution is -0.129. The second-order valence-corrected chi connectivity index (χ2v) is 2.68. The highest BCUT2D eigenvalue weighted by Crippen LogP contribution is 1.93. The summed E-state index contributed by atoms with van der Waals surface area (Å²) in [7, 11) is 3.39. The second-order valence-electron chi connectivity index (χ2n) is 2.68. The number of amidine groups is 1. The van der Waals surface area contributed by atoms with Gasteiger partial charge in [0, 0.05) is 14.1 Å². The number of likely N-dealkylation sites (N-methyl/N-ethyl adjacent to an activating group) is 1. The maximum absolute atomic E-state index is 11.1. The minimum atomic E-state index is -0.366. The van der Waals surface area contributed by atoms with Crippen LogP contribution in [0.5, 0.6) is 0 Å². The van der Waals surface area contributed by atoms with Crippen LogP contribution in [0, 0.1) is 0 Å². The van der Waals surface area contributed by atoms with Gasteiger partial charge in [-0.15, -0.1) is 0 Å². The lowest BCUT2D eigenvalue weighted by Gasteiger charge is -2.13. The molecule has 0 rings (SSSR count). The molecule has 0 aromatic carbocycles. The van der Waals surface area contributed by atoms with E-state index in [0.29, 0.717) is 5.84 Å². The topological polar surface area (TPSA) is 58.7 Å². The molecule has 1 atom stereocenters. The quantitative estimate of drug-likeness (QED) is 0.447. The fourth-order valence-corrected chi connectivity index (χ4v) is 0.734. The first kappa shape index (κ1) is 9.94. The molecule has 11 heavy (non-hydrogen) atoms. The summed E-state index contributed by atoms with van der Waals surface area (Å²) < 4.78 is 0.